The van der Waals surface area contributed by atoms with Gasteiger partial charge < -0.3 is 0 Å². The summed E-state index contributed by atoms with van der Waals surface area (Å²) in [5.74, 6) is 0.676. The molecule has 3 rings (SSSR count). The third-order valence-corrected chi connectivity index (χ3v) is 4.34. The van der Waals surface area contributed by atoms with Gasteiger partial charge in [0.2, 0.25) is 0 Å². The van der Waals surface area contributed by atoms with E-state index in [0.29, 0.717) is 5.92 Å². The van der Waals surface area contributed by atoms with E-state index in [1.165, 1.54) is 36.1 Å². The zero-order chi connectivity index (χ0) is 11.8. The Morgan fingerprint density at radius 2 is 2.18 bits per heavy atom. The molecule has 1 aliphatic carbocycles. The number of H-pyrrole nitrogens is 1. The van der Waals surface area contributed by atoms with Crippen LogP contribution in [0.2, 0.25) is 0 Å². The predicted molar refractivity (Wildman–Crippen MR) is 73.1 cm³/mol. The summed E-state index contributed by atoms with van der Waals surface area (Å²) in [6.45, 7) is 2.11. The van der Waals surface area contributed by atoms with Crippen molar-refractivity contribution in [3.8, 4) is 11.3 Å². The molecule has 0 saturated heterocycles. The first-order valence-electron chi connectivity index (χ1n) is 6.06. The molecule has 1 aromatic carbocycles. The van der Waals surface area contributed by atoms with E-state index in [-0.39, 0.29) is 0 Å². The molecule has 1 saturated carbocycles. The molecule has 17 heavy (non-hydrogen) atoms. The molecule has 1 aliphatic rings. The van der Waals surface area contributed by atoms with Gasteiger partial charge in [-0.2, -0.15) is 5.10 Å². The van der Waals surface area contributed by atoms with Gasteiger partial charge in [-0.25, -0.2) is 0 Å². The topological polar surface area (TPSA) is 28.7 Å². The van der Waals surface area contributed by atoms with Gasteiger partial charge in [0, 0.05) is 11.5 Å². The van der Waals surface area contributed by atoms with E-state index in [4.69, 9.17) is 0 Å². The number of halogens is 1. The monoisotopic (exact) mass is 290 g/mol. The number of aromatic nitrogens is 2. The molecule has 1 heterocycles. The second kappa shape index (κ2) is 4.30. The van der Waals surface area contributed by atoms with Gasteiger partial charge in [0.25, 0.3) is 0 Å². The van der Waals surface area contributed by atoms with Gasteiger partial charge in [0.1, 0.15) is 5.69 Å². The van der Waals surface area contributed by atoms with Crippen LogP contribution in [0.3, 0.4) is 0 Å². The number of aromatic amines is 1. The van der Waals surface area contributed by atoms with Gasteiger partial charge >= 0.3 is 0 Å². The van der Waals surface area contributed by atoms with E-state index in [2.05, 4.69) is 57.3 Å². The molecule has 0 unspecified atom stereocenters. The Morgan fingerprint density at radius 1 is 1.35 bits per heavy atom. The summed E-state index contributed by atoms with van der Waals surface area (Å²) < 4.78 is 1.15. The minimum atomic E-state index is 0.676. The van der Waals surface area contributed by atoms with Crippen LogP contribution in [-0.4, -0.2) is 10.2 Å². The Morgan fingerprint density at radius 3 is 2.82 bits per heavy atom. The maximum Gasteiger partial charge on any atom is 0.107 e. The summed E-state index contributed by atoms with van der Waals surface area (Å²) in [5.41, 5.74) is 4.75. The fourth-order valence-electron chi connectivity index (χ4n) is 2.29. The molecule has 1 aromatic heterocycles. The van der Waals surface area contributed by atoms with Gasteiger partial charge in [-0.1, -0.05) is 30.2 Å². The molecule has 0 amide bonds. The molecule has 1 N–H and O–H groups in total. The van der Waals surface area contributed by atoms with Crippen LogP contribution in [0.4, 0.5) is 0 Å². The van der Waals surface area contributed by atoms with Crippen LogP contribution in [0.5, 0.6) is 0 Å². The number of rotatable bonds is 2. The van der Waals surface area contributed by atoms with E-state index in [1.807, 2.05) is 0 Å². The van der Waals surface area contributed by atoms with Crippen molar-refractivity contribution in [2.24, 2.45) is 0 Å². The lowest BCUT2D eigenvalue weighted by molar-refractivity contribution is 0.409. The van der Waals surface area contributed by atoms with Gasteiger partial charge in [-0.05, 0) is 41.8 Å². The molecular weight excluding hydrogens is 276 g/mol. The molecule has 0 spiro atoms. The van der Waals surface area contributed by atoms with Gasteiger partial charge in [0.05, 0.1) is 10.2 Å². The molecule has 0 atom stereocenters. The number of aryl methyl sites for hydroxylation is 1. The lowest BCUT2D eigenvalue weighted by atomic mass is 9.83. The highest BCUT2D eigenvalue weighted by molar-refractivity contribution is 9.10. The third-order valence-electron chi connectivity index (χ3n) is 3.54. The SMILES string of the molecule is Cc1cccc(-c2n[nH]c(C3CCC3)c2Br)c1. The first-order valence-corrected chi connectivity index (χ1v) is 6.86. The number of benzene rings is 1. The minimum absolute atomic E-state index is 0.676. The highest BCUT2D eigenvalue weighted by atomic mass is 79.9. The van der Waals surface area contributed by atoms with Crippen molar-refractivity contribution in [3.63, 3.8) is 0 Å². The zero-order valence-electron chi connectivity index (χ0n) is 9.83. The minimum Gasteiger partial charge on any atom is -0.280 e. The Bertz CT molecular complexity index is 541. The Labute approximate surface area is 110 Å². The van der Waals surface area contributed by atoms with Crippen molar-refractivity contribution in [3.05, 3.63) is 40.0 Å². The summed E-state index contributed by atoms with van der Waals surface area (Å²) in [5, 5.41) is 7.66. The van der Waals surface area contributed by atoms with Crippen molar-refractivity contribution in [1.82, 2.24) is 10.2 Å². The Kier molecular flexibility index (Phi) is 2.79. The predicted octanol–water partition coefficient (Wildman–Crippen LogP) is 4.42. The highest BCUT2D eigenvalue weighted by Crippen LogP contribution is 2.41. The van der Waals surface area contributed by atoms with E-state index in [9.17, 15) is 0 Å². The molecule has 88 valence electrons. The van der Waals surface area contributed by atoms with Crippen LogP contribution in [0.25, 0.3) is 11.3 Å². The third kappa shape index (κ3) is 1.93. The molecule has 0 radical (unpaired) electrons. The van der Waals surface area contributed by atoms with Gasteiger partial charge in [0.15, 0.2) is 0 Å². The van der Waals surface area contributed by atoms with Crippen LogP contribution >= 0.6 is 15.9 Å². The number of hydrogen-bond acceptors (Lipinski definition) is 1. The average molecular weight is 291 g/mol. The Balaban J connectivity index is 2.00. The van der Waals surface area contributed by atoms with Gasteiger partial charge in [-0.15, -0.1) is 0 Å². The van der Waals surface area contributed by atoms with Crippen LogP contribution < -0.4 is 0 Å². The molecular formula is C14H15BrN2. The number of nitrogens with one attached hydrogen (secondary N) is 1. The van der Waals surface area contributed by atoms with Crippen LogP contribution in [0.1, 0.15) is 36.4 Å². The quantitative estimate of drug-likeness (QED) is 0.872. The van der Waals surface area contributed by atoms with Crippen molar-refractivity contribution in [2.75, 3.05) is 0 Å². The average Bonchev–Trinajstić information content (AvgIpc) is 2.59. The molecule has 2 nitrogen and oxygen atoms in total. The summed E-state index contributed by atoms with van der Waals surface area (Å²) in [6.07, 6.45) is 3.91. The van der Waals surface area contributed by atoms with E-state index < -0.39 is 0 Å². The Hall–Kier alpha value is -1.09. The van der Waals surface area contributed by atoms with Crippen LogP contribution in [-0.2, 0) is 0 Å². The smallest absolute Gasteiger partial charge is 0.107 e. The van der Waals surface area contributed by atoms with Crippen molar-refractivity contribution < 1.29 is 0 Å². The normalized spacial score (nSPS) is 15.9. The summed E-state index contributed by atoms with van der Waals surface area (Å²) in [4.78, 5) is 0. The first kappa shape index (κ1) is 11.0. The molecule has 0 aliphatic heterocycles. The summed E-state index contributed by atoms with van der Waals surface area (Å²) in [6, 6.07) is 8.47. The first-order chi connectivity index (χ1) is 8.25. The summed E-state index contributed by atoms with van der Waals surface area (Å²) in [7, 11) is 0. The lowest BCUT2D eigenvalue weighted by Crippen LogP contribution is -2.09. The van der Waals surface area contributed by atoms with Gasteiger partial charge in [-0.3, -0.25) is 5.10 Å². The highest BCUT2D eigenvalue weighted by Gasteiger charge is 2.25. The number of nitrogens with zero attached hydrogens (tertiary/aromatic N) is 1. The van der Waals surface area contributed by atoms with E-state index in [0.717, 1.165) is 10.2 Å². The van der Waals surface area contributed by atoms with Crippen LogP contribution in [0, 0.1) is 6.92 Å². The second-order valence-electron chi connectivity index (χ2n) is 4.80. The fourth-order valence-corrected chi connectivity index (χ4v) is 3.02. The second-order valence-corrected chi connectivity index (χ2v) is 5.59. The number of hydrogen-bond donors (Lipinski definition) is 1. The molecule has 3 heteroatoms. The van der Waals surface area contributed by atoms with Crippen molar-refractivity contribution in [2.45, 2.75) is 32.1 Å². The fraction of sp³-hybridized carbons (Fsp3) is 0.357. The van der Waals surface area contributed by atoms with Crippen molar-refractivity contribution >= 4 is 15.9 Å². The van der Waals surface area contributed by atoms with Crippen LogP contribution in [0.15, 0.2) is 28.7 Å². The zero-order valence-corrected chi connectivity index (χ0v) is 11.4. The molecule has 2 aromatic rings. The molecule has 1 fully saturated rings. The standard InChI is InChI=1S/C14H15BrN2/c1-9-4-2-7-11(8-9)14-12(15)13(16-17-14)10-5-3-6-10/h2,4,7-8,10H,3,5-6H2,1H3,(H,16,17). The lowest BCUT2D eigenvalue weighted by Gasteiger charge is -2.24. The van der Waals surface area contributed by atoms with E-state index >= 15 is 0 Å². The molecule has 0 bridgehead atoms. The largest absolute Gasteiger partial charge is 0.280 e. The van der Waals surface area contributed by atoms with E-state index in [1.54, 1.807) is 0 Å². The van der Waals surface area contributed by atoms with Crippen molar-refractivity contribution in [1.29, 1.82) is 0 Å². The maximum absolute atomic E-state index is 4.46. The summed E-state index contributed by atoms with van der Waals surface area (Å²) >= 11 is 3.69. The maximum atomic E-state index is 4.46.